The van der Waals surface area contributed by atoms with Crippen LogP contribution in [0.1, 0.15) is 17.3 Å². The van der Waals surface area contributed by atoms with Crippen molar-refractivity contribution in [2.24, 2.45) is 0 Å². The summed E-state index contributed by atoms with van der Waals surface area (Å²) < 4.78 is 10.8. The van der Waals surface area contributed by atoms with Crippen molar-refractivity contribution in [1.29, 1.82) is 0 Å². The lowest BCUT2D eigenvalue weighted by atomic mass is 10.1. The first-order valence-electron chi connectivity index (χ1n) is 7.66. The molecule has 7 heteroatoms. The van der Waals surface area contributed by atoms with Gasteiger partial charge in [-0.05, 0) is 43.3 Å². The van der Waals surface area contributed by atoms with E-state index < -0.39 is 11.8 Å². The Hall–Kier alpha value is -3.35. The van der Waals surface area contributed by atoms with Crippen molar-refractivity contribution in [1.82, 2.24) is 0 Å². The van der Waals surface area contributed by atoms with E-state index in [0.29, 0.717) is 41.7 Å². The van der Waals surface area contributed by atoms with Gasteiger partial charge in [0.05, 0.1) is 0 Å². The molecule has 0 radical (unpaired) electrons. The predicted octanol–water partition coefficient (Wildman–Crippen LogP) is 2.24. The van der Waals surface area contributed by atoms with E-state index in [1.807, 2.05) is 0 Å². The topological polar surface area (TPSA) is 93.7 Å². The highest BCUT2D eigenvalue weighted by atomic mass is 16.6. The zero-order valence-electron chi connectivity index (χ0n) is 13.5. The van der Waals surface area contributed by atoms with Gasteiger partial charge in [0.25, 0.3) is 0 Å². The molecule has 0 atom stereocenters. The number of amides is 2. The van der Waals surface area contributed by atoms with Gasteiger partial charge in [-0.15, -0.1) is 0 Å². The van der Waals surface area contributed by atoms with Gasteiger partial charge < -0.3 is 20.1 Å². The average molecular weight is 340 g/mol. The standard InChI is InChI=1S/C18H16N2O5/c1-11(21)12-2-4-13(5-3-12)19-17(22)18(23)20-14-6-7-15-16(10-14)25-9-8-24-15/h2-7,10H,8-9H2,1H3,(H,19,22)(H,20,23). The minimum absolute atomic E-state index is 0.0748. The third kappa shape index (κ3) is 3.95. The second-order valence-corrected chi connectivity index (χ2v) is 5.40. The Morgan fingerprint density at radius 1 is 0.800 bits per heavy atom. The first-order valence-corrected chi connectivity index (χ1v) is 7.66. The lowest BCUT2D eigenvalue weighted by molar-refractivity contribution is -0.133. The maximum atomic E-state index is 12.0. The van der Waals surface area contributed by atoms with Crippen LogP contribution in [-0.2, 0) is 9.59 Å². The molecule has 7 nitrogen and oxygen atoms in total. The van der Waals surface area contributed by atoms with Gasteiger partial charge in [-0.2, -0.15) is 0 Å². The molecule has 128 valence electrons. The van der Waals surface area contributed by atoms with Crippen molar-refractivity contribution in [3.63, 3.8) is 0 Å². The van der Waals surface area contributed by atoms with Crippen molar-refractivity contribution < 1.29 is 23.9 Å². The molecule has 0 saturated carbocycles. The maximum Gasteiger partial charge on any atom is 0.314 e. The molecule has 0 aromatic heterocycles. The van der Waals surface area contributed by atoms with Gasteiger partial charge in [-0.3, -0.25) is 14.4 Å². The van der Waals surface area contributed by atoms with Gasteiger partial charge in [-0.1, -0.05) is 0 Å². The van der Waals surface area contributed by atoms with Crippen LogP contribution in [0.4, 0.5) is 11.4 Å². The number of nitrogens with one attached hydrogen (secondary N) is 2. The van der Waals surface area contributed by atoms with Crippen LogP contribution in [0.25, 0.3) is 0 Å². The minimum atomic E-state index is -0.814. The molecule has 2 amide bonds. The molecule has 25 heavy (non-hydrogen) atoms. The second-order valence-electron chi connectivity index (χ2n) is 5.40. The third-order valence-electron chi connectivity index (χ3n) is 3.56. The van der Waals surface area contributed by atoms with Crippen LogP contribution in [0.2, 0.25) is 0 Å². The minimum Gasteiger partial charge on any atom is -0.486 e. The van der Waals surface area contributed by atoms with Crippen molar-refractivity contribution in [2.45, 2.75) is 6.92 Å². The highest BCUT2D eigenvalue weighted by Crippen LogP contribution is 2.32. The maximum absolute atomic E-state index is 12.0. The highest BCUT2D eigenvalue weighted by Gasteiger charge is 2.17. The van der Waals surface area contributed by atoms with Gasteiger partial charge in [-0.25, -0.2) is 0 Å². The van der Waals surface area contributed by atoms with Gasteiger partial charge in [0.15, 0.2) is 17.3 Å². The zero-order chi connectivity index (χ0) is 17.8. The monoisotopic (exact) mass is 340 g/mol. The van der Waals surface area contributed by atoms with Crippen molar-refractivity contribution in [3.8, 4) is 11.5 Å². The Bertz CT molecular complexity index is 830. The molecular weight excluding hydrogens is 324 g/mol. The number of carbonyl (C=O) groups is 3. The van der Waals surface area contributed by atoms with E-state index in [9.17, 15) is 14.4 Å². The normalized spacial score (nSPS) is 12.2. The number of anilines is 2. The lowest BCUT2D eigenvalue weighted by Crippen LogP contribution is -2.29. The molecule has 2 aromatic carbocycles. The van der Waals surface area contributed by atoms with E-state index in [-0.39, 0.29) is 5.78 Å². The van der Waals surface area contributed by atoms with Gasteiger partial charge in [0.1, 0.15) is 13.2 Å². The number of benzene rings is 2. The van der Waals surface area contributed by atoms with E-state index in [2.05, 4.69) is 10.6 Å². The van der Waals surface area contributed by atoms with Crippen LogP contribution in [0.5, 0.6) is 11.5 Å². The molecule has 1 heterocycles. The number of ether oxygens (including phenoxy) is 2. The molecule has 0 spiro atoms. The molecule has 1 aliphatic heterocycles. The Labute approximate surface area is 143 Å². The summed E-state index contributed by atoms with van der Waals surface area (Å²) in [5.41, 5.74) is 1.38. The summed E-state index contributed by atoms with van der Waals surface area (Å²) in [6.07, 6.45) is 0. The fraction of sp³-hybridized carbons (Fsp3) is 0.167. The Kier molecular flexibility index (Phi) is 4.65. The van der Waals surface area contributed by atoms with Crippen LogP contribution in [0.15, 0.2) is 42.5 Å². The molecule has 0 unspecified atom stereocenters. The van der Waals surface area contributed by atoms with Crippen LogP contribution in [0.3, 0.4) is 0 Å². The molecule has 0 saturated heterocycles. The number of carbonyl (C=O) groups excluding carboxylic acids is 3. The van der Waals surface area contributed by atoms with Crippen LogP contribution in [0, 0.1) is 0 Å². The highest BCUT2D eigenvalue weighted by molar-refractivity contribution is 6.43. The number of ketones is 1. The summed E-state index contributed by atoms with van der Waals surface area (Å²) >= 11 is 0. The Balaban J connectivity index is 1.62. The first kappa shape index (κ1) is 16.5. The van der Waals surface area contributed by atoms with E-state index in [1.54, 1.807) is 42.5 Å². The number of Topliss-reactive ketones (excluding diaryl/α,β-unsaturated/α-hetero) is 1. The fourth-order valence-corrected chi connectivity index (χ4v) is 2.29. The molecule has 2 N–H and O–H groups in total. The third-order valence-corrected chi connectivity index (χ3v) is 3.56. The molecular formula is C18H16N2O5. The van der Waals surface area contributed by atoms with Crippen molar-refractivity contribution in [3.05, 3.63) is 48.0 Å². The summed E-state index contributed by atoms with van der Waals surface area (Å²) in [6, 6.07) is 11.2. The zero-order valence-corrected chi connectivity index (χ0v) is 13.5. The first-order chi connectivity index (χ1) is 12.0. The van der Waals surface area contributed by atoms with Crippen LogP contribution >= 0.6 is 0 Å². The lowest BCUT2D eigenvalue weighted by Gasteiger charge is -2.18. The van der Waals surface area contributed by atoms with Crippen molar-refractivity contribution in [2.75, 3.05) is 23.8 Å². The molecule has 0 bridgehead atoms. The number of rotatable bonds is 3. The summed E-state index contributed by atoms with van der Waals surface area (Å²) in [4.78, 5) is 35.2. The summed E-state index contributed by atoms with van der Waals surface area (Å²) in [5, 5.41) is 4.97. The molecule has 1 aliphatic rings. The molecule has 0 aliphatic carbocycles. The molecule has 2 aromatic rings. The Morgan fingerprint density at radius 3 is 2.00 bits per heavy atom. The van der Waals surface area contributed by atoms with Gasteiger partial charge in [0.2, 0.25) is 0 Å². The van der Waals surface area contributed by atoms with E-state index in [4.69, 9.17) is 9.47 Å². The predicted molar refractivity (Wildman–Crippen MR) is 91.1 cm³/mol. The average Bonchev–Trinajstić information content (AvgIpc) is 2.62. The number of fused-ring (bicyclic) bond motifs is 1. The van der Waals surface area contributed by atoms with Crippen LogP contribution < -0.4 is 20.1 Å². The molecule has 0 fully saturated rings. The smallest absolute Gasteiger partial charge is 0.314 e. The SMILES string of the molecule is CC(=O)c1ccc(NC(=O)C(=O)Nc2ccc3c(c2)OCCO3)cc1. The van der Waals surface area contributed by atoms with Crippen molar-refractivity contribution >= 4 is 29.0 Å². The largest absolute Gasteiger partial charge is 0.486 e. The quantitative estimate of drug-likeness (QED) is 0.660. The Morgan fingerprint density at radius 2 is 1.36 bits per heavy atom. The van der Waals surface area contributed by atoms with Crippen LogP contribution in [-0.4, -0.2) is 30.8 Å². The molecule has 3 rings (SSSR count). The summed E-state index contributed by atoms with van der Waals surface area (Å²) in [6.45, 7) is 2.36. The second kappa shape index (κ2) is 7.04. The summed E-state index contributed by atoms with van der Waals surface area (Å²) in [7, 11) is 0. The van der Waals surface area contributed by atoms with Gasteiger partial charge >= 0.3 is 11.8 Å². The van der Waals surface area contributed by atoms with E-state index >= 15 is 0 Å². The number of hydrogen-bond donors (Lipinski definition) is 2. The van der Waals surface area contributed by atoms with E-state index in [0.717, 1.165) is 0 Å². The summed E-state index contributed by atoms with van der Waals surface area (Å²) in [5.74, 6) is -0.587. The fourth-order valence-electron chi connectivity index (χ4n) is 2.29. The number of hydrogen-bond acceptors (Lipinski definition) is 5. The van der Waals surface area contributed by atoms with E-state index in [1.165, 1.54) is 6.92 Å². The van der Waals surface area contributed by atoms with Gasteiger partial charge in [0, 0.05) is 23.0 Å².